The van der Waals surface area contributed by atoms with Crippen molar-refractivity contribution in [3.63, 3.8) is 0 Å². The maximum absolute atomic E-state index is 12.1. The van der Waals surface area contributed by atoms with Gasteiger partial charge in [-0.1, -0.05) is 6.07 Å². The maximum atomic E-state index is 12.1. The van der Waals surface area contributed by atoms with E-state index in [-0.39, 0.29) is 5.91 Å². The van der Waals surface area contributed by atoms with E-state index in [2.05, 4.69) is 25.7 Å². The Kier molecular flexibility index (Phi) is 3.94. The Morgan fingerprint density at radius 3 is 3.05 bits per heavy atom. The molecule has 1 saturated heterocycles. The topological polar surface area (TPSA) is 73.1 Å². The van der Waals surface area contributed by atoms with E-state index in [0.717, 1.165) is 43.6 Å². The molecule has 0 spiro atoms. The van der Waals surface area contributed by atoms with Crippen LogP contribution in [0.3, 0.4) is 0 Å². The van der Waals surface area contributed by atoms with E-state index in [1.54, 1.807) is 6.20 Å². The molecule has 3 N–H and O–H groups in total. The average molecular weight is 273 g/mol. The molecule has 1 fully saturated rings. The molecule has 0 atom stereocenters. The zero-order valence-electron chi connectivity index (χ0n) is 11.4. The van der Waals surface area contributed by atoms with Gasteiger partial charge in [-0.2, -0.15) is 5.10 Å². The summed E-state index contributed by atoms with van der Waals surface area (Å²) in [5, 5.41) is 14.1. The minimum absolute atomic E-state index is 0.0309. The van der Waals surface area contributed by atoms with Gasteiger partial charge in [0.15, 0.2) is 0 Å². The van der Waals surface area contributed by atoms with Crippen molar-refractivity contribution >= 4 is 16.8 Å². The summed E-state index contributed by atoms with van der Waals surface area (Å²) in [6, 6.07) is 5.57. The second kappa shape index (κ2) is 6.02. The number of rotatable bonds is 4. The molecular formula is C14H19N5O. The molecule has 2 aromatic rings. The van der Waals surface area contributed by atoms with Crippen LogP contribution in [0.25, 0.3) is 10.9 Å². The third-order valence-electron chi connectivity index (χ3n) is 3.63. The lowest BCUT2D eigenvalue weighted by Gasteiger charge is -2.27. The Morgan fingerprint density at radius 1 is 1.35 bits per heavy atom. The van der Waals surface area contributed by atoms with E-state index >= 15 is 0 Å². The summed E-state index contributed by atoms with van der Waals surface area (Å²) >= 11 is 0. The quantitative estimate of drug-likeness (QED) is 0.744. The maximum Gasteiger partial charge on any atom is 0.251 e. The summed E-state index contributed by atoms with van der Waals surface area (Å²) in [4.78, 5) is 14.4. The lowest BCUT2D eigenvalue weighted by Crippen LogP contribution is -2.46. The molecule has 0 bridgehead atoms. The number of carbonyl (C=O) groups excluding carboxylic acids is 1. The standard InChI is InChI=1S/C14H19N5O/c20-14(16-5-8-19-6-3-15-4-7-19)11-1-2-12-10-17-18-13(12)9-11/h1-2,9-10,15H,3-8H2,(H,16,20)(H,17,18). The van der Waals surface area contributed by atoms with Gasteiger partial charge in [0.25, 0.3) is 5.91 Å². The molecule has 2 heterocycles. The van der Waals surface area contributed by atoms with Crippen molar-refractivity contribution in [2.24, 2.45) is 0 Å². The van der Waals surface area contributed by atoms with Crippen LogP contribution in [-0.2, 0) is 0 Å². The highest BCUT2D eigenvalue weighted by molar-refractivity contribution is 5.97. The zero-order chi connectivity index (χ0) is 13.8. The van der Waals surface area contributed by atoms with Gasteiger partial charge in [0.05, 0.1) is 11.7 Å². The number of nitrogens with zero attached hydrogens (tertiary/aromatic N) is 2. The molecule has 106 valence electrons. The Bertz CT molecular complexity index is 588. The molecule has 6 heteroatoms. The van der Waals surface area contributed by atoms with Crippen LogP contribution < -0.4 is 10.6 Å². The van der Waals surface area contributed by atoms with E-state index < -0.39 is 0 Å². The highest BCUT2D eigenvalue weighted by Crippen LogP contribution is 2.12. The van der Waals surface area contributed by atoms with Gasteiger partial charge in [-0.25, -0.2) is 0 Å². The summed E-state index contributed by atoms with van der Waals surface area (Å²) in [5.41, 5.74) is 1.56. The Labute approximate surface area is 117 Å². The zero-order valence-corrected chi connectivity index (χ0v) is 11.4. The minimum atomic E-state index is -0.0309. The van der Waals surface area contributed by atoms with Crippen LogP contribution in [0.5, 0.6) is 0 Å². The Morgan fingerprint density at radius 2 is 2.20 bits per heavy atom. The van der Waals surface area contributed by atoms with Crippen LogP contribution in [0.4, 0.5) is 0 Å². The summed E-state index contributed by atoms with van der Waals surface area (Å²) < 4.78 is 0. The van der Waals surface area contributed by atoms with Crippen LogP contribution in [-0.4, -0.2) is 60.3 Å². The normalized spacial score (nSPS) is 16.4. The predicted molar refractivity (Wildman–Crippen MR) is 77.7 cm³/mol. The fourth-order valence-corrected chi connectivity index (χ4v) is 2.44. The first kappa shape index (κ1) is 13.1. The van der Waals surface area contributed by atoms with E-state index in [9.17, 15) is 4.79 Å². The summed E-state index contributed by atoms with van der Waals surface area (Å²) in [7, 11) is 0. The first-order valence-corrected chi connectivity index (χ1v) is 6.97. The van der Waals surface area contributed by atoms with Gasteiger partial charge in [0.1, 0.15) is 0 Å². The van der Waals surface area contributed by atoms with Gasteiger partial charge in [-0.3, -0.25) is 14.8 Å². The van der Waals surface area contributed by atoms with Crippen molar-refractivity contribution < 1.29 is 4.79 Å². The van der Waals surface area contributed by atoms with E-state index in [1.165, 1.54) is 0 Å². The van der Waals surface area contributed by atoms with Crippen LogP contribution in [0.2, 0.25) is 0 Å². The molecule has 6 nitrogen and oxygen atoms in total. The monoisotopic (exact) mass is 273 g/mol. The highest BCUT2D eigenvalue weighted by Gasteiger charge is 2.10. The number of aromatic amines is 1. The third kappa shape index (κ3) is 2.97. The third-order valence-corrected chi connectivity index (χ3v) is 3.63. The summed E-state index contributed by atoms with van der Waals surface area (Å²) in [6.45, 7) is 5.75. The number of fused-ring (bicyclic) bond motifs is 1. The second-order valence-electron chi connectivity index (χ2n) is 5.02. The molecule has 0 aliphatic carbocycles. The molecule has 1 amide bonds. The van der Waals surface area contributed by atoms with Gasteiger partial charge >= 0.3 is 0 Å². The fourth-order valence-electron chi connectivity index (χ4n) is 2.44. The molecule has 0 unspecified atom stereocenters. The number of carbonyl (C=O) groups is 1. The van der Waals surface area contributed by atoms with E-state index in [0.29, 0.717) is 12.1 Å². The molecule has 0 saturated carbocycles. The average Bonchev–Trinajstić information content (AvgIpc) is 2.95. The largest absolute Gasteiger partial charge is 0.351 e. The van der Waals surface area contributed by atoms with Gasteiger partial charge in [0, 0.05) is 50.2 Å². The first-order chi connectivity index (χ1) is 9.83. The smallest absolute Gasteiger partial charge is 0.251 e. The molecule has 1 aliphatic rings. The number of hydrogen-bond acceptors (Lipinski definition) is 4. The Hall–Kier alpha value is -1.92. The summed E-state index contributed by atoms with van der Waals surface area (Å²) in [6.07, 6.45) is 1.75. The van der Waals surface area contributed by atoms with Gasteiger partial charge < -0.3 is 10.6 Å². The molecule has 1 aromatic heterocycles. The first-order valence-electron chi connectivity index (χ1n) is 6.97. The van der Waals surface area contributed by atoms with Crippen LogP contribution in [0.1, 0.15) is 10.4 Å². The van der Waals surface area contributed by atoms with Crippen molar-refractivity contribution in [1.29, 1.82) is 0 Å². The van der Waals surface area contributed by atoms with Crippen molar-refractivity contribution in [2.75, 3.05) is 39.3 Å². The van der Waals surface area contributed by atoms with Crippen molar-refractivity contribution in [2.45, 2.75) is 0 Å². The molecular weight excluding hydrogens is 254 g/mol. The number of benzene rings is 1. The Balaban J connectivity index is 1.53. The molecule has 20 heavy (non-hydrogen) atoms. The van der Waals surface area contributed by atoms with E-state index in [1.807, 2.05) is 18.2 Å². The number of piperazine rings is 1. The minimum Gasteiger partial charge on any atom is -0.351 e. The predicted octanol–water partition coefficient (Wildman–Crippen LogP) is 0.198. The summed E-state index contributed by atoms with van der Waals surface area (Å²) in [5.74, 6) is -0.0309. The van der Waals surface area contributed by atoms with Crippen LogP contribution in [0.15, 0.2) is 24.4 Å². The van der Waals surface area contributed by atoms with Crippen molar-refractivity contribution in [1.82, 2.24) is 25.7 Å². The van der Waals surface area contributed by atoms with Gasteiger partial charge in [-0.15, -0.1) is 0 Å². The van der Waals surface area contributed by atoms with E-state index in [4.69, 9.17) is 0 Å². The number of hydrogen-bond donors (Lipinski definition) is 3. The van der Waals surface area contributed by atoms with Crippen molar-refractivity contribution in [3.8, 4) is 0 Å². The number of nitrogens with one attached hydrogen (secondary N) is 3. The van der Waals surface area contributed by atoms with Crippen molar-refractivity contribution in [3.05, 3.63) is 30.0 Å². The highest BCUT2D eigenvalue weighted by atomic mass is 16.1. The number of amides is 1. The lowest BCUT2D eigenvalue weighted by molar-refractivity contribution is 0.0947. The number of H-pyrrole nitrogens is 1. The molecule has 0 radical (unpaired) electrons. The second-order valence-corrected chi connectivity index (χ2v) is 5.02. The van der Waals surface area contributed by atoms with Gasteiger partial charge in [0.2, 0.25) is 0 Å². The fraction of sp³-hybridized carbons (Fsp3) is 0.429. The number of aromatic nitrogens is 2. The van der Waals surface area contributed by atoms with Gasteiger partial charge in [-0.05, 0) is 12.1 Å². The molecule has 1 aliphatic heterocycles. The molecule has 1 aromatic carbocycles. The van der Waals surface area contributed by atoms with Crippen LogP contribution >= 0.6 is 0 Å². The SMILES string of the molecule is O=C(NCCN1CCNCC1)c1ccc2cn[nH]c2c1. The van der Waals surface area contributed by atoms with Crippen LogP contribution in [0, 0.1) is 0 Å². The lowest BCUT2D eigenvalue weighted by atomic mass is 10.1. The molecule has 3 rings (SSSR count).